The summed E-state index contributed by atoms with van der Waals surface area (Å²) in [6.07, 6.45) is 3.47. The molecule has 5 heterocycles. The van der Waals surface area contributed by atoms with Crippen LogP contribution in [0.5, 0.6) is 0 Å². The third kappa shape index (κ3) is 2.33. The summed E-state index contributed by atoms with van der Waals surface area (Å²) in [5, 5.41) is 12.4. The number of piperazine rings is 1. The van der Waals surface area contributed by atoms with Crippen LogP contribution in [0, 0.1) is 5.82 Å². The zero-order valence-corrected chi connectivity index (χ0v) is 14.4. The lowest BCUT2D eigenvalue weighted by Crippen LogP contribution is -2.44. The largest absolute Gasteiger partial charge is 0.352 e. The fraction of sp³-hybridized carbons (Fsp3) is 0.278. The van der Waals surface area contributed by atoms with Gasteiger partial charge in [0, 0.05) is 37.9 Å². The summed E-state index contributed by atoms with van der Waals surface area (Å²) in [5.74, 6) is 0.402. The molecule has 0 aliphatic carbocycles. The summed E-state index contributed by atoms with van der Waals surface area (Å²) >= 11 is 0. The topological polar surface area (TPSA) is 65.3 Å². The number of fused-ring (bicyclic) bond motifs is 2. The first-order valence-corrected chi connectivity index (χ1v) is 8.61. The minimum absolute atomic E-state index is 0.285. The fourth-order valence-electron chi connectivity index (χ4n) is 3.48. The number of aromatic nitrogens is 5. The van der Waals surface area contributed by atoms with Crippen molar-refractivity contribution < 1.29 is 4.39 Å². The third-order valence-corrected chi connectivity index (χ3v) is 4.97. The van der Waals surface area contributed by atoms with Crippen LogP contribution >= 0.6 is 0 Å². The smallest absolute Gasteiger partial charge is 0.160 e. The molecule has 8 heteroatoms. The summed E-state index contributed by atoms with van der Waals surface area (Å²) in [5.41, 5.74) is 2.36. The van der Waals surface area contributed by atoms with Crippen molar-refractivity contribution in [3.8, 4) is 11.3 Å². The van der Waals surface area contributed by atoms with Gasteiger partial charge in [-0.05, 0) is 25.2 Å². The molecule has 4 aromatic heterocycles. The lowest BCUT2D eigenvalue weighted by atomic mass is 10.1. The van der Waals surface area contributed by atoms with E-state index in [0.29, 0.717) is 16.6 Å². The molecular weight excluding hydrogens is 333 g/mol. The molecule has 0 amide bonds. The number of nitrogens with zero attached hydrogens (tertiary/aromatic N) is 6. The van der Waals surface area contributed by atoms with E-state index in [0.717, 1.165) is 37.5 Å². The Morgan fingerprint density at radius 2 is 2.00 bits per heavy atom. The molecule has 0 bridgehead atoms. The van der Waals surface area contributed by atoms with Crippen LogP contribution in [0.2, 0.25) is 0 Å². The van der Waals surface area contributed by atoms with E-state index in [1.165, 1.54) is 6.07 Å². The quantitative estimate of drug-likeness (QED) is 0.600. The van der Waals surface area contributed by atoms with Gasteiger partial charge in [-0.3, -0.25) is 5.10 Å². The molecule has 1 fully saturated rings. The summed E-state index contributed by atoms with van der Waals surface area (Å²) in [4.78, 5) is 8.96. The van der Waals surface area contributed by atoms with Crippen LogP contribution in [0.25, 0.3) is 27.8 Å². The summed E-state index contributed by atoms with van der Waals surface area (Å²) < 4.78 is 16.6. The van der Waals surface area contributed by atoms with Gasteiger partial charge in [-0.1, -0.05) is 6.07 Å². The molecule has 26 heavy (non-hydrogen) atoms. The van der Waals surface area contributed by atoms with Crippen LogP contribution < -0.4 is 4.90 Å². The molecule has 0 radical (unpaired) electrons. The fourth-order valence-corrected chi connectivity index (χ4v) is 3.48. The van der Waals surface area contributed by atoms with E-state index in [1.54, 1.807) is 10.7 Å². The first-order valence-electron chi connectivity index (χ1n) is 8.61. The first kappa shape index (κ1) is 15.3. The monoisotopic (exact) mass is 351 g/mol. The molecule has 5 rings (SSSR count). The van der Waals surface area contributed by atoms with Gasteiger partial charge in [0.15, 0.2) is 17.3 Å². The van der Waals surface area contributed by atoms with Crippen LogP contribution in [-0.2, 0) is 0 Å². The standard InChI is InChI=1S/C18H18FN7/c1-24-6-8-25(9-7-24)18-12-10-14(19)16(21-17(12)22-23-18)13-11-20-26-5-3-2-4-15(13)26/h2-5,10-11H,6-9H2,1H3,(H,21,22,23). The maximum Gasteiger partial charge on any atom is 0.160 e. The second kappa shape index (κ2) is 5.77. The van der Waals surface area contributed by atoms with Crippen LogP contribution in [0.15, 0.2) is 36.7 Å². The molecular formula is C18H18FN7. The van der Waals surface area contributed by atoms with E-state index in [4.69, 9.17) is 0 Å². The zero-order valence-electron chi connectivity index (χ0n) is 14.4. The highest BCUT2D eigenvalue weighted by atomic mass is 19.1. The van der Waals surface area contributed by atoms with Gasteiger partial charge in [-0.2, -0.15) is 10.2 Å². The van der Waals surface area contributed by atoms with Crippen LogP contribution in [-0.4, -0.2) is 62.9 Å². The third-order valence-electron chi connectivity index (χ3n) is 4.97. The molecule has 4 aromatic rings. The van der Waals surface area contributed by atoms with Crippen LogP contribution in [0.1, 0.15) is 0 Å². The normalized spacial score (nSPS) is 16.0. The predicted molar refractivity (Wildman–Crippen MR) is 97.7 cm³/mol. The minimum Gasteiger partial charge on any atom is -0.352 e. The molecule has 132 valence electrons. The number of hydrogen-bond donors (Lipinski definition) is 1. The molecule has 1 aliphatic heterocycles. The van der Waals surface area contributed by atoms with Crippen molar-refractivity contribution in [1.82, 2.24) is 29.7 Å². The SMILES string of the molecule is CN1CCN(c2n[nH]c3nc(-c4cnn5ccccc45)c(F)cc23)CC1. The van der Waals surface area contributed by atoms with E-state index in [2.05, 4.69) is 37.1 Å². The molecule has 0 saturated carbocycles. The number of anilines is 1. The van der Waals surface area contributed by atoms with Crippen molar-refractivity contribution in [1.29, 1.82) is 0 Å². The van der Waals surface area contributed by atoms with Crippen molar-refractivity contribution in [3.63, 3.8) is 0 Å². The van der Waals surface area contributed by atoms with Gasteiger partial charge in [0.05, 0.1) is 17.1 Å². The molecule has 1 saturated heterocycles. The van der Waals surface area contributed by atoms with Crippen LogP contribution in [0.4, 0.5) is 10.2 Å². The Balaban J connectivity index is 1.60. The van der Waals surface area contributed by atoms with E-state index >= 15 is 0 Å². The maximum absolute atomic E-state index is 14.9. The average Bonchev–Trinajstić information content (AvgIpc) is 3.26. The molecule has 1 N–H and O–H groups in total. The number of pyridine rings is 2. The Morgan fingerprint density at radius 3 is 2.85 bits per heavy atom. The van der Waals surface area contributed by atoms with Gasteiger partial charge in [0.1, 0.15) is 5.69 Å². The summed E-state index contributed by atoms with van der Waals surface area (Å²) in [6.45, 7) is 3.66. The van der Waals surface area contributed by atoms with Gasteiger partial charge in [-0.25, -0.2) is 13.9 Å². The molecule has 7 nitrogen and oxygen atoms in total. The van der Waals surface area contributed by atoms with Gasteiger partial charge in [0.25, 0.3) is 0 Å². The Hall–Kier alpha value is -3.00. The second-order valence-corrected chi connectivity index (χ2v) is 6.64. The maximum atomic E-state index is 14.9. The van der Waals surface area contributed by atoms with Crippen molar-refractivity contribution in [2.24, 2.45) is 0 Å². The molecule has 0 unspecified atom stereocenters. The number of nitrogens with one attached hydrogen (secondary N) is 1. The van der Waals surface area contributed by atoms with E-state index in [-0.39, 0.29) is 11.5 Å². The minimum atomic E-state index is -0.368. The highest BCUT2D eigenvalue weighted by Crippen LogP contribution is 2.31. The van der Waals surface area contributed by atoms with Crippen molar-refractivity contribution in [2.75, 3.05) is 38.1 Å². The van der Waals surface area contributed by atoms with E-state index in [1.807, 2.05) is 24.4 Å². The van der Waals surface area contributed by atoms with Gasteiger partial charge in [-0.15, -0.1) is 0 Å². The highest BCUT2D eigenvalue weighted by molar-refractivity contribution is 5.91. The number of aromatic amines is 1. The van der Waals surface area contributed by atoms with Gasteiger partial charge < -0.3 is 9.80 Å². The van der Waals surface area contributed by atoms with E-state index < -0.39 is 0 Å². The Bertz CT molecular complexity index is 1090. The number of H-pyrrole nitrogens is 1. The highest BCUT2D eigenvalue weighted by Gasteiger charge is 2.22. The lowest BCUT2D eigenvalue weighted by Gasteiger charge is -2.32. The molecule has 1 aliphatic rings. The first-order chi connectivity index (χ1) is 12.7. The Morgan fingerprint density at radius 1 is 1.15 bits per heavy atom. The summed E-state index contributed by atoms with van der Waals surface area (Å²) in [7, 11) is 2.10. The van der Waals surface area contributed by atoms with Crippen LogP contribution in [0.3, 0.4) is 0 Å². The second-order valence-electron chi connectivity index (χ2n) is 6.64. The Labute approximate surface area is 149 Å². The van der Waals surface area contributed by atoms with Crippen molar-refractivity contribution in [2.45, 2.75) is 0 Å². The van der Waals surface area contributed by atoms with Crippen molar-refractivity contribution in [3.05, 3.63) is 42.5 Å². The van der Waals surface area contributed by atoms with Gasteiger partial charge >= 0.3 is 0 Å². The Kier molecular flexibility index (Phi) is 3.39. The molecule has 0 atom stereocenters. The number of rotatable bonds is 2. The number of likely N-dealkylation sites (N-methyl/N-ethyl adjacent to an activating group) is 1. The molecule has 0 aromatic carbocycles. The number of halogens is 1. The predicted octanol–water partition coefficient (Wildman–Crippen LogP) is 2.16. The lowest BCUT2D eigenvalue weighted by molar-refractivity contribution is 0.312. The summed E-state index contributed by atoms with van der Waals surface area (Å²) in [6, 6.07) is 7.21. The average molecular weight is 351 g/mol. The zero-order chi connectivity index (χ0) is 17.7. The molecule has 0 spiro atoms. The van der Waals surface area contributed by atoms with E-state index in [9.17, 15) is 4.39 Å². The van der Waals surface area contributed by atoms with Gasteiger partial charge in [0.2, 0.25) is 0 Å². The van der Waals surface area contributed by atoms with Crippen molar-refractivity contribution >= 4 is 22.4 Å². The number of hydrogen-bond acceptors (Lipinski definition) is 5.